The number of ether oxygens (including phenoxy) is 1. The summed E-state index contributed by atoms with van der Waals surface area (Å²) in [5.41, 5.74) is -0.499. The number of amides is 2. The molecule has 1 atom stereocenters. The molecule has 6 nitrogen and oxygen atoms in total. The van der Waals surface area contributed by atoms with Gasteiger partial charge in [-0.15, -0.1) is 0 Å². The highest BCUT2D eigenvalue weighted by Crippen LogP contribution is 2.19. The van der Waals surface area contributed by atoms with Crippen molar-refractivity contribution in [3.63, 3.8) is 0 Å². The van der Waals surface area contributed by atoms with E-state index in [9.17, 15) is 9.59 Å². The van der Waals surface area contributed by atoms with Gasteiger partial charge in [-0.3, -0.25) is 4.79 Å². The molecule has 1 rings (SSSR count). The molecule has 142 valence electrons. The Kier molecular flexibility index (Phi) is 10.7. The van der Waals surface area contributed by atoms with Crippen molar-refractivity contribution in [1.29, 1.82) is 0 Å². The van der Waals surface area contributed by atoms with E-state index in [0.29, 0.717) is 26.1 Å². The van der Waals surface area contributed by atoms with Crippen LogP contribution in [0.1, 0.15) is 54.9 Å². The lowest BCUT2D eigenvalue weighted by molar-refractivity contribution is -0.124. The van der Waals surface area contributed by atoms with E-state index in [-0.39, 0.29) is 17.9 Å². The molecule has 1 aliphatic rings. The van der Waals surface area contributed by atoms with Crippen LogP contribution in [-0.4, -0.2) is 66.7 Å². The third-order valence-electron chi connectivity index (χ3n) is 3.83. The largest absolute Gasteiger partial charge is 0.444 e. The van der Waals surface area contributed by atoms with Crippen LogP contribution in [0, 0.1) is 5.92 Å². The first-order valence-electron chi connectivity index (χ1n) is 9.24. The molecule has 1 N–H and O–H groups in total. The Bertz CT molecular complexity index is 376. The lowest BCUT2D eigenvalue weighted by Crippen LogP contribution is -2.39. The van der Waals surface area contributed by atoms with Crippen molar-refractivity contribution in [2.24, 2.45) is 5.92 Å². The van der Waals surface area contributed by atoms with E-state index >= 15 is 0 Å². The Morgan fingerprint density at radius 3 is 2.29 bits per heavy atom. The molecule has 6 heteroatoms. The van der Waals surface area contributed by atoms with Gasteiger partial charge in [0.05, 0.1) is 5.92 Å². The summed E-state index contributed by atoms with van der Waals surface area (Å²) in [5, 5.41) is 2.97. The minimum Gasteiger partial charge on any atom is -0.444 e. The van der Waals surface area contributed by atoms with Crippen LogP contribution in [0.2, 0.25) is 0 Å². The number of hydrogen-bond donors (Lipinski definition) is 1. The Balaban J connectivity index is 0.00000254. The van der Waals surface area contributed by atoms with Crippen molar-refractivity contribution in [3.05, 3.63) is 0 Å². The topological polar surface area (TPSA) is 61.9 Å². The van der Waals surface area contributed by atoms with Gasteiger partial charge in [-0.25, -0.2) is 4.79 Å². The summed E-state index contributed by atoms with van der Waals surface area (Å²) in [7, 11) is 0. The summed E-state index contributed by atoms with van der Waals surface area (Å²) in [5.74, 6) is -0.0811. The first-order chi connectivity index (χ1) is 11.3. The number of nitrogens with one attached hydrogen (secondary N) is 1. The average molecular weight is 344 g/mol. The van der Waals surface area contributed by atoms with Gasteiger partial charge in [0.2, 0.25) is 5.91 Å². The van der Waals surface area contributed by atoms with Crippen LogP contribution in [0.25, 0.3) is 0 Å². The van der Waals surface area contributed by atoms with Crippen LogP contribution in [0.4, 0.5) is 4.79 Å². The predicted octanol–water partition coefficient (Wildman–Crippen LogP) is 2.73. The molecule has 0 radical (unpaired) electrons. The molecule has 1 heterocycles. The minimum absolute atomic E-state index is 0.0400. The van der Waals surface area contributed by atoms with Gasteiger partial charge in [-0.2, -0.15) is 0 Å². The minimum atomic E-state index is -0.499. The second-order valence-electron chi connectivity index (χ2n) is 6.73. The highest BCUT2D eigenvalue weighted by atomic mass is 16.6. The molecule has 2 amide bonds. The fourth-order valence-electron chi connectivity index (χ4n) is 2.49. The lowest BCUT2D eigenvalue weighted by Gasteiger charge is -2.24. The average Bonchev–Trinajstić information content (AvgIpc) is 3.02. The molecule has 24 heavy (non-hydrogen) atoms. The number of carbonyl (C=O) groups is 2. The Hall–Kier alpha value is -1.30. The van der Waals surface area contributed by atoms with E-state index in [2.05, 4.69) is 24.1 Å². The monoisotopic (exact) mass is 343 g/mol. The zero-order valence-electron chi connectivity index (χ0n) is 16.6. The third-order valence-corrected chi connectivity index (χ3v) is 3.83. The van der Waals surface area contributed by atoms with Crippen LogP contribution >= 0.6 is 0 Å². The van der Waals surface area contributed by atoms with Gasteiger partial charge < -0.3 is 19.9 Å². The number of carbonyl (C=O) groups excluding carboxylic acids is 2. The molecule has 0 aromatic heterocycles. The molecular formula is C18H37N3O3. The Labute approximate surface area is 147 Å². The van der Waals surface area contributed by atoms with Gasteiger partial charge in [-0.05, 0) is 40.3 Å². The third kappa shape index (κ3) is 8.52. The Morgan fingerprint density at radius 2 is 1.79 bits per heavy atom. The molecule has 1 fully saturated rings. The second-order valence-corrected chi connectivity index (χ2v) is 6.73. The maximum absolute atomic E-state index is 12.1. The first kappa shape index (κ1) is 22.7. The fraction of sp³-hybridized carbons (Fsp3) is 0.889. The molecule has 0 saturated carbocycles. The highest BCUT2D eigenvalue weighted by Gasteiger charge is 2.33. The highest BCUT2D eigenvalue weighted by molar-refractivity contribution is 5.80. The zero-order valence-corrected chi connectivity index (χ0v) is 16.6. The molecule has 0 aromatic rings. The maximum atomic E-state index is 12.1. The van der Waals surface area contributed by atoms with Crippen molar-refractivity contribution in [2.45, 2.75) is 60.5 Å². The van der Waals surface area contributed by atoms with E-state index < -0.39 is 5.60 Å². The zero-order chi connectivity index (χ0) is 18.8. The van der Waals surface area contributed by atoms with E-state index in [0.717, 1.165) is 19.6 Å². The van der Waals surface area contributed by atoms with Crippen molar-refractivity contribution in [2.75, 3.05) is 39.3 Å². The van der Waals surface area contributed by atoms with Gasteiger partial charge in [0.25, 0.3) is 0 Å². The molecular weight excluding hydrogens is 306 g/mol. The summed E-state index contributed by atoms with van der Waals surface area (Å²) in [6.07, 6.45) is 0.377. The van der Waals surface area contributed by atoms with Gasteiger partial charge in [0, 0.05) is 26.2 Å². The van der Waals surface area contributed by atoms with Crippen molar-refractivity contribution in [1.82, 2.24) is 15.1 Å². The molecule has 1 aliphatic heterocycles. The van der Waals surface area contributed by atoms with Crippen LogP contribution < -0.4 is 5.32 Å². The number of hydrogen-bond acceptors (Lipinski definition) is 4. The first-order valence-corrected chi connectivity index (χ1v) is 9.24. The summed E-state index contributed by atoms with van der Waals surface area (Å²) in [6, 6.07) is 0. The quantitative estimate of drug-likeness (QED) is 0.805. The van der Waals surface area contributed by atoms with Crippen molar-refractivity contribution >= 4 is 12.0 Å². The normalized spacial score (nSPS) is 17.3. The second kappa shape index (κ2) is 11.3. The lowest BCUT2D eigenvalue weighted by atomic mass is 10.1. The van der Waals surface area contributed by atoms with Crippen molar-refractivity contribution < 1.29 is 14.3 Å². The van der Waals surface area contributed by atoms with Crippen molar-refractivity contribution in [3.8, 4) is 0 Å². The number of nitrogens with zero attached hydrogens (tertiary/aromatic N) is 2. The Morgan fingerprint density at radius 1 is 1.21 bits per heavy atom. The van der Waals surface area contributed by atoms with E-state index in [1.54, 1.807) is 4.90 Å². The molecule has 1 unspecified atom stereocenters. The maximum Gasteiger partial charge on any atom is 0.410 e. The van der Waals surface area contributed by atoms with Gasteiger partial charge in [-0.1, -0.05) is 27.7 Å². The van der Waals surface area contributed by atoms with E-state index in [4.69, 9.17) is 4.74 Å². The predicted molar refractivity (Wildman–Crippen MR) is 98.1 cm³/mol. The summed E-state index contributed by atoms with van der Waals surface area (Å²) < 4.78 is 5.34. The smallest absolute Gasteiger partial charge is 0.410 e. The fourth-order valence-corrected chi connectivity index (χ4v) is 2.49. The molecule has 0 bridgehead atoms. The molecule has 0 spiro atoms. The molecule has 0 aromatic carbocycles. The van der Waals surface area contributed by atoms with Gasteiger partial charge >= 0.3 is 6.09 Å². The number of likely N-dealkylation sites (tertiary alicyclic amines) is 1. The van der Waals surface area contributed by atoms with Gasteiger partial charge in [0.15, 0.2) is 0 Å². The summed E-state index contributed by atoms with van der Waals surface area (Å²) in [4.78, 5) is 28.0. The standard InChI is InChI=1S/C16H31N3O3.C2H6/c1-6-18(7-2)11-9-17-14(20)13-8-10-19(12-13)15(21)22-16(3,4)5;1-2/h13H,6-12H2,1-5H3,(H,17,20);1-2H3. The molecule has 1 saturated heterocycles. The van der Waals surface area contributed by atoms with E-state index in [1.807, 2.05) is 34.6 Å². The van der Waals surface area contributed by atoms with E-state index in [1.165, 1.54) is 0 Å². The van der Waals surface area contributed by atoms with Crippen LogP contribution in [0.3, 0.4) is 0 Å². The summed E-state index contributed by atoms with van der Waals surface area (Å²) >= 11 is 0. The number of rotatable bonds is 6. The van der Waals surface area contributed by atoms with Crippen LogP contribution in [0.5, 0.6) is 0 Å². The van der Waals surface area contributed by atoms with Gasteiger partial charge in [0.1, 0.15) is 5.60 Å². The summed E-state index contributed by atoms with van der Waals surface area (Å²) in [6.45, 7) is 18.3. The van der Waals surface area contributed by atoms with Crippen LogP contribution in [0.15, 0.2) is 0 Å². The SMILES string of the molecule is CC.CCN(CC)CCNC(=O)C1CCN(C(=O)OC(C)(C)C)C1. The van der Waals surface area contributed by atoms with Crippen LogP contribution in [-0.2, 0) is 9.53 Å². The molecule has 0 aliphatic carbocycles. The number of likely N-dealkylation sites (N-methyl/N-ethyl adjacent to an activating group) is 1.